The molecule has 0 unspecified atom stereocenters. The Morgan fingerprint density at radius 1 is 1.15 bits per heavy atom. The van der Waals surface area contributed by atoms with Crippen LogP contribution in [0, 0.1) is 0 Å². The first-order valence-corrected chi connectivity index (χ1v) is 9.29. The van der Waals surface area contributed by atoms with E-state index in [2.05, 4.69) is 4.99 Å². The summed E-state index contributed by atoms with van der Waals surface area (Å²) < 4.78 is 65.2. The van der Waals surface area contributed by atoms with Crippen LogP contribution in [0.3, 0.4) is 0 Å². The second-order valence-electron chi connectivity index (χ2n) is 5.56. The van der Waals surface area contributed by atoms with Crippen molar-refractivity contribution >= 4 is 39.8 Å². The van der Waals surface area contributed by atoms with Crippen LogP contribution in [0.4, 0.5) is 13.2 Å². The number of aliphatic imine (C=N–C) groups is 1. The molecule has 0 bridgehead atoms. The van der Waals surface area contributed by atoms with E-state index in [0.717, 1.165) is 38.1 Å². The summed E-state index contributed by atoms with van der Waals surface area (Å²) in [5, 5.41) is 0. The third-order valence-electron chi connectivity index (χ3n) is 3.75. The standard InChI is InChI=1S/C15H20F3N3O3S.HI/c16-15(17,18)25(22,23)13-6-4-12(5-7-13)24-11-8-20-14(19)21-9-2-1-3-10-21;/h4-7H,1-3,8-11H2,(H2,19,20);1H. The number of rotatable bonds is 5. The fourth-order valence-electron chi connectivity index (χ4n) is 2.40. The van der Waals surface area contributed by atoms with Crippen LogP contribution in [0.2, 0.25) is 0 Å². The third-order valence-corrected chi connectivity index (χ3v) is 5.25. The number of piperidine rings is 1. The molecule has 1 heterocycles. The zero-order chi connectivity index (χ0) is 18.5. The first kappa shape index (κ1) is 22.8. The molecular formula is C15H21F3IN3O3S. The van der Waals surface area contributed by atoms with Gasteiger partial charge >= 0.3 is 5.51 Å². The zero-order valence-electron chi connectivity index (χ0n) is 13.9. The van der Waals surface area contributed by atoms with E-state index in [4.69, 9.17) is 10.5 Å². The number of benzene rings is 1. The van der Waals surface area contributed by atoms with E-state index in [1.54, 1.807) is 0 Å². The van der Waals surface area contributed by atoms with Crippen molar-refractivity contribution in [3.63, 3.8) is 0 Å². The highest BCUT2D eigenvalue weighted by atomic mass is 127. The van der Waals surface area contributed by atoms with E-state index in [9.17, 15) is 21.6 Å². The lowest BCUT2D eigenvalue weighted by atomic mass is 10.1. The van der Waals surface area contributed by atoms with Crippen molar-refractivity contribution in [2.24, 2.45) is 10.7 Å². The highest BCUT2D eigenvalue weighted by Gasteiger charge is 2.46. The molecule has 2 N–H and O–H groups in total. The molecule has 0 atom stereocenters. The molecule has 1 aromatic rings. The Balaban J connectivity index is 0.00000338. The Bertz CT molecular complexity index is 703. The fraction of sp³-hybridized carbons (Fsp3) is 0.533. The topological polar surface area (TPSA) is 85.0 Å². The predicted molar refractivity (Wildman–Crippen MR) is 103 cm³/mol. The second kappa shape index (κ2) is 9.62. The minimum absolute atomic E-state index is 0. The van der Waals surface area contributed by atoms with E-state index >= 15 is 0 Å². The summed E-state index contributed by atoms with van der Waals surface area (Å²) >= 11 is 0. The monoisotopic (exact) mass is 507 g/mol. The number of guanidine groups is 1. The summed E-state index contributed by atoms with van der Waals surface area (Å²) in [4.78, 5) is 5.38. The van der Waals surface area contributed by atoms with Crippen molar-refractivity contribution in [1.29, 1.82) is 0 Å². The highest BCUT2D eigenvalue weighted by molar-refractivity contribution is 14.0. The van der Waals surface area contributed by atoms with Gasteiger partial charge in [-0.05, 0) is 43.5 Å². The fourth-order valence-corrected chi connectivity index (χ4v) is 3.16. The van der Waals surface area contributed by atoms with Crippen LogP contribution in [0.1, 0.15) is 19.3 Å². The molecule has 1 aromatic carbocycles. The van der Waals surface area contributed by atoms with Gasteiger partial charge in [-0.15, -0.1) is 24.0 Å². The molecule has 1 aliphatic rings. The maximum absolute atomic E-state index is 12.4. The van der Waals surface area contributed by atoms with Gasteiger partial charge in [0.2, 0.25) is 0 Å². The van der Waals surface area contributed by atoms with Crippen LogP contribution in [-0.2, 0) is 9.84 Å². The molecule has 2 rings (SSSR count). The number of alkyl halides is 3. The lowest BCUT2D eigenvalue weighted by Crippen LogP contribution is -2.41. The molecule has 0 spiro atoms. The van der Waals surface area contributed by atoms with E-state index in [0.29, 0.717) is 12.5 Å². The van der Waals surface area contributed by atoms with Gasteiger partial charge in [-0.2, -0.15) is 13.2 Å². The molecule has 1 aliphatic heterocycles. The average Bonchev–Trinajstić information content (AvgIpc) is 2.58. The number of nitrogens with zero attached hydrogens (tertiary/aromatic N) is 2. The Hall–Kier alpha value is -1.24. The largest absolute Gasteiger partial charge is 0.501 e. The number of sulfone groups is 1. The number of nitrogens with two attached hydrogens (primary N) is 1. The molecule has 0 radical (unpaired) electrons. The van der Waals surface area contributed by atoms with Crippen LogP contribution in [0.15, 0.2) is 34.2 Å². The van der Waals surface area contributed by atoms with Gasteiger partial charge in [0.25, 0.3) is 9.84 Å². The Morgan fingerprint density at radius 2 is 1.73 bits per heavy atom. The number of likely N-dealkylation sites (tertiary alicyclic amines) is 1. The number of hydrogen-bond donors (Lipinski definition) is 1. The van der Waals surface area contributed by atoms with Gasteiger partial charge in [-0.1, -0.05) is 0 Å². The van der Waals surface area contributed by atoms with E-state index in [1.165, 1.54) is 18.6 Å². The van der Waals surface area contributed by atoms with Crippen LogP contribution >= 0.6 is 24.0 Å². The van der Waals surface area contributed by atoms with Gasteiger partial charge in [0.1, 0.15) is 12.4 Å². The molecule has 26 heavy (non-hydrogen) atoms. The summed E-state index contributed by atoms with van der Waals surface area (Å²) in [7, 11) is -5.34. The first-order valence-electron chi connectivity index (χ1n) is 7.81. The SMILES string of the molecule is I.NC(=NCCOc1ccc(S(=O)(=O)C(F)(F)F)cc1)N1CCCCC1. The third kappa shape index (κ3) is 5.89. The molecular weight excluding hydrogens is 486 g/mol. The van der Waals surface area contributed by atoms with E-state index < -0.39 is 20.2 Å². The molecule has 0 aromatic heterocycles. The molecule has 0 saturated carbocycles. The van der Waals surface area contributed by atoms with Crippen molar-refractivity contribution in [2.45, 2.75) is 29.7 Å². The lowest BCUT2D eigenvalue weighted by Gasteiger charge is -2.27. The van der Waals surface area contributed by atoms with Crippen molar-refractivity contribution in [3.05, 3.63) is 24.3 Å². The molecule has 148 valence electrons. The maximum atomic E-state index is 12.4. The molecule has 1 saturated heterocycles. The first-order chi connectivity index (χ1) is 11.7. The van der Waals surface area contributed by atoms with Crippen LogP contribution in [-0.4, -0.2) is 51.0 Å². The summed E-state index contributed by atoms with van der Waals surface area (Å²) in [6.07, 6.45) is 3.35. The van der Waals surface area contributed by atoms with Gasteiger partial charge in [0.05, 0.1) is 11.4 Å². The van der Waals surface area contributed by atoms with Crippen molar-refractivity contribution in [3.8, 4) is 5.75 Å². The quantitative estimate of drug-likeness (QED) is 0.287. The minimum atomic E-state index is -5.34. The maximum Gasteiger partial charge on any atom is 0.501 e. The zero-order valence-corrected chi connectivity index (χ0v) is 17.1. The summed E-state index contributed by atoms with van der Waals surface area (Å²) in [5.74, 6) is 0.711. The number of halogens is 4. The normalized spacial score (nSPS) is 16.1. The molecule has 0 amide bonds. The van der Waals surface area contributed by atoms with Crippen LogP contribution in [0.25, 0.3) is 0 Å². The second-order valence-corrected chi connectivity index (χ2v) is 7.50. The molecule has 6 nitrogen and oxygen atoms in total. The molecule has 11 heteroatoms. The van der Waals surface area contributed by atoms with Crippen molar-refractivity contribution in [1.82, 2.24) is 4.90 Å². The summed E-state index contributed by atoms with van der Waals surface area (Å²) in [5.41, 5.74) is 0.560. The van der Waals surface area contributed by atoms with Gasteiger partial charge in [0.15, 0.2) is 5.96 Å². The summed E-state index contributed by atoms with van der Waals surface area (Å²) in [6, 6.07) is 4.08. The number of hydrogen-bond acceptors (Lipinski definition) is 4. The minimum Gasteiger partial charge on any atom is -0.492 e. The summed E-state index contributed by atoms with van der Waals surface area (Å²) in [6.45, 7) is 2.24. The van der Waals surface area contributed by atoms with Gasteiger partial charge < -0.3 is 15.4 Å². The van der Waals surface area contributed by atoms with Gasteiger partial charge in [-0.25, -0.2) is 13.4 Å². The van der Waals surface area contributed by atoms with E-state index in [-0.39, 0.29) is 36.3 Å². The molecule has 0 aliphatic carbocycles. The van der Waals surface area contributed by atoms with Gasteiger partial charge in [-0.3, -0.25) is 0 Å². The van der Waals surface area contributed by atoms with Crippen molar-refractivity contribution < 1.29 is 26.3 Å². The Labute approximate surface area is 167 Å². The number of ether oxygens (including phenoxy) is 1. The van der Waals surface area contributed by atoms with E-state index in [1.807, 2.05) is 4.90 Å². The molecule has 1 fully saturated rings. The highest BCUT2D eigenvalue weighted by Crippen LogP contribution is 2.30. The lowest BCUT2D eigenvalue weighted by molar-refractivity contribution is -0.0436. The smallest absolute Gasteiger partial charge is 0.492 e. The average molecular weight is 507 g/mol. The van der Waals surface area contributed by atoms with Crippen molar-refractivity contribution in [2.75, 3.05) is 26.2 Å². The van der Waals surface area contributed by atoms with Crippen LogP contribution < -0.4 is 10.5 Å². The Morgan fingerprint density at radius 3 is 2.27 bits per heavy atom. The van der Waals surface area contributed by atoms with Crippen LogP contribution in [0.5, 0.6) is 5.75 Å². The Kier molecular flexibility index (Phi) is 8.44. The predicted octanol–water partition coefficient (Wildman–Crippen LogP) is 2.78. The van der Waals surface area contributed by atoms with Gasteiger partial charge in [0, 0.05) is 13.1 Å².